The topological polar surface area (TPSA) is 38.5 Å². The first kappa shape index (κ1) is 13.4. The predicted octanol–water partition coefficient (Wildman–Crippen LogP) is 2.71. The number of benzene rings is 1. The first-order valence-corrected chi connectivity index (χ1v) is 6.89. The van der Waals surface area contributed by atoms with Crippen molar-refractivity contribution in [1.82, 2.24) is 0 Å². The van der Waals surface area contributed by atoms with Gasteiger partial charge in [0, 0.05) is 31.9 Å². The summed E-state index contributed by atoms with van der Waals surface area (Å²) in [6.45, 7) is 4.00. The van der Waals surface area contributed by atoms with Gasteiger partial charge < -0.3 is 15.4 Å². The molecule has 1 aliphatic heterocycles. The van der Waals surface area contributed by atoms with Crippen molar-refractivity contribution in [3.8, 4) is 0 Å². The number of hydrogen-bond donors (Lipinski definition) is 1. The fourth-order valence-electron chi connectivity index (χ4n) is 2.41. The van der Waals surface area contributed by atoms with E-state index in [4.69, 9.17) is 10.5 Å². The Morgan fingerprint density at radius 3 is 2.67 bits per heavy atom. The van der Waals surface area contributed by atoms with E-state index >= 15 is 0 Å². The van der Waals surface area contributed by atoms with Crippen molar-refractivity contribution in [3.05, 3.63) is 29.8 Å². The summed E-state index contributed by atoms with van der Waals surface area (Å²) in [4.78, 5) is 2.26. The molecule has 2 N–H and O–H groups in total. The smallest absolute Gasteiger partial charge is 0.0750 e. The average molecular weight is 248 g/mol. The van der Waals surface area contributed by atoms with Crippen LogP contribution in [-0.4, -0.2) is 26.3 Å². The standard InChI is InChI=1S/C15H24N2O/c1-3-15(16)12-6-8-13(9-7-12)17(2)11-14-5-4-10-18-14/h6-9,14-15H,3-5,10-11,16H2,1-2H3/t14?,15-/m0/s1. The summed E-state index contributed by atoms with van der Waals surface area (Å²) in [6.07, 6.45) is 3.75. The summed E-state index contributed by atoms with van der Waals surface area (Å²) in [5.74, 6) is 0. The van der Waals surface area contributed by atoms with Gasteiger partial charge in [-0.15, -0.1) is 0 Å². The van der Waals surface area contributed by atoms with Gasteiger partial charge in [0.25, 0.3) is 0 Å². The lowest BCUT2D eigenvalue weighted by atomic mass is 10.1. The van der Waals surface area contributed by atoms with E-state index in [0.717, 1.165) is 19.6 Å². The van der Waals surface area contributed by atoms with Crippen LogP contribution in [0, 0.1) is 0 Å². The van der Waals surface area contributed by atoms with Crippen molar-refractivity contribution < 1.29 is 4.74 Å². The second kappa shape index (κ2) is 6.21. The number of anilines is 1. The van der Waals surface area contributed by atoms with Gasteiger partial charge in [-0.25, -0.2) is 0 Å². The molecule has 0 radical (unpaired) electrons. The van der Waals surface area contributed by atoms with E-state index in [0.29, 0.717) is 6.10 Å². The molecule has 1 fully saturated rings. The van der Waals surface area contributed by atoms with Crippen LogP contribution >= 0.6 is 0 Å². The third-order valence-electron chi connectivity index (χ3n) is 3.70. The Bertz CT molecular complexity index is 357. The second-order valence-corrected chi connectivity index (χ2v) is 5.12. The quantitative estimate of drug-likeness (QED) is 0.870. The zero-order valence-corrected chi connectivity index (χ0v) is 11.4. The van der Waals surface area contributed by atoms with Gasteiger partial charge >= 0.3 is 0 Å². The highest BCUT2D eigenvalue weighted by molar-refractivity contribution is 5.47. The summed E-state index contributed by atoms with van der Waals surface area (Å²) < 4.78 is 5.66. The first-order chi connectivity index (χ1) is 8.70. The average Bonchev–Trinajstić information content (AvgIpc) is 2.91. The minimum Gasteiger partial charge on any atom is -0.376 e. The van der Waals surface area contributed by atoms with E-state index in [1.165, 1.54) is 24.1 Å². The molecule has 18 heavy (non-hydrogen) atoms. The van der Waals surface area contributed by atoms with Crippen molar-refractivity contribution in [2.24, 2.45) is 5.73 Å². The zero-order valence-electron chi connectivity index (χ0n) is 11.4. The molecule has 1 aromatic carbocycles. The highest BCUT2D eigenvalue weighted by atomic mass is 16.5. The fourth-order valence-corrected chi connectivity index (χ4v) is 2.41. The normalized spacial score (nSPS) is 20.9. The predicted molar refractivity (Wildman–Crippen MR) is 75.9 cm³/mol. The number of nitrogens with zero attached hydrogens (tertiary/aromatic N) is 1. The minimum absolute atomic E-state index is 0.155. The maximum atomic E-state index is 6.02. The Balaban J connectivity index is 1.95. The second-order valence-electron chi connectivity index (χ2n) is 5.12. The number of likely N-dealkylation sites (N-methyl/N-ethyl adjacent to an activating group) is 1. The summed E-state index contributed by atoms with van der Waals surface area (Å²) in [5.41, 5.74) is 8.47. The Morgan fingerprint density at radius 1 is 1.39 bits per heavy atom. The molecule has 0 aliphatic carbocycles. The third kappa shape index (κ3) is 3.24. The van der Waals surface area contributed by atoms with Crippen LogP contribution in [0.15, 0.2) is 24.3 Å². The molecule has 0 spiro atoms. The molecule has 3 heteroatoms. The van der Waals surface area contributed by atoms with Crippen LogP contribution in [0.4, 0.5) is 5.69 Å². The van der Waals surface area contributed by atoms with Crippen LogP contribution in [0.5, 0.6) is 0 Å². The van der Waals surface area contributed by atoms with Crippen LogP contribution in [0.25, 0.3) is 0 Å². The third-order valence-corrected chi connectivity index (χ3v) is 3.70. The zero-order chi connectivity index (χ0) is 13.0. The van der Waals surface area contributed by atoms with Crippen molar-refractivity contribution in [3.63, 3.8) is 0 Å². The van der Waals surface area contributed by atoms with Gasteiger partial charge in [0.1, 0.15) is 0 Å². The van der Waals surface area contributed by atoms with Crippen molar-refractivity contribution >= 4 is 5.69 Å². The van der Waals surface area contributed by atoms with E-state index in [-0.39, 0.29) is 6.04 Å². The van der Waals surface area contributed by atoms with E-state index < -0.39 is 0 Å². The van der Waals surface area contributed by atoms with Gasteiger partial charge in [-0.3, -0.25) is 0 Å². The number of rotatable bonds is 5. The highest BCUT2D eigenvalue weighted by Gasteiger charge is 2.17. The molecule has 0 bridgehead atoms. The molecule has 2 atom stereocenters. The molecule has 2 rings (SSSR count). The summed E-state index contributed by atoms with van der Waals surface area (Å²) in [5, 5.41) is 0. The molecule has 0 aromatic heterocycles. The largest absolute Gasteiger partial charge is 0.376 e. The van der Waals surface area contributed by atoms with Gasteiger partial charge in [-0.05, 0) is 37.0 Å². The maximum Gasteiger partial charge on any atom is 0.0750 e. The van der Waals surface area contributed by atoms with Crippen molar-refractivity contribution in [2.45, 2.75) is 38.3 Å². The first-order valence-electron chi connectivity index (χ1n) is 6.89. The summed E-state index contributed by atoms with van der Waals surface area (Å²) in [7, 11) is 2.12. The van der Waals surface area contributed by atoms with E-state index in [2.05, 4.69) is 43.1 Å². The van der Waals surface area contributed by atoms with Crippen LogP contribution in [0.3, 0.4) is 0 Å². The minimum atomic E-state index is 0.155. The number of hydrogen-bond acceptors (Lipinski definition) is 3. The number of ether oxygens (including phenoxy) is 1. The van der Waals surface area contributed by atoms with E-state index in [1.54, 1.807) is 0 Å². The molecule has 1 saturated heterocycles. The van der Waals surface area contributed by atoms with Gasteiger partial charge in [-0.2, -0.15) is 0 Å². The Kier molecular flexibility index (Phi) is 4.61. The monoisotopic (exact) mass is 248 g/mol. The SMILES string of the molecule is CC[C@H](N)c1ccc(N(C)CC2CCCO2)cc1. The maximum absolute atomic E-state index is 6.02. The molecule has 1 unspecified atom stereocenters. The molecule has 0 saturated carbocycles. The molecular weight excluding hydrogens is 224 g/mol. The molecule has 1 aromatic rings. The highest BCUT2D eigenvalue weighted by Crippen LogP contribution is 2.21. The van der Waals surface area contributed by atoms with Crippen LogP contribution in [0.1, 0.15) is 37.8 Å². The van der Waals surface area contributed by atoms with Crippen molar-refractivity contribution in [1.29, 1.82) is 0 Å². The van der Waals surface area contributed by atoms with Gasteiger partial charge in [0.2, 0.25) is 0 Å². The van der Waals surface area contributed by atoms with E-state index in [9.17, 15) is 0 Å². The van der Waals surface area contributed by atoms with Gasteiger partial charge in [0.15, 0.2) is 0 Å². The molecule has 0 amide bonds. The Labute approximate surface area is 110 Å². The van der Waals surface area contributed by atoms with Crippen LogP contribution in [-0.2, 0) is 4.74 Å². The molecule has 100 valence electrons. The van der Waals surface area contributed by atoms with Gasteiger partial charge in [-0.1, -0.05) is 19.1 Å². The van der Waals surface area contributed by atoms with Gasteiger partial charge in [0.05, 0.1) is 6.10 Å². The fraction of sp³-hybridized carbons (Fsp3) is 0.600. The molecule has 3 nitrogen and oxygen atoms in total. The molecule has 1 heterocycles. The molecule has 1 aliphatic rings. The molecular formula is C15H24N2O. The number of nitrogens with two attached hydrogens (primary N) is 1. The van der Waals surface area contributed by atoms with Crippen LogP contribution < -0.4 is 10.6 Å². The lowest BCUT2D eigenvalue weighted by Crippen LogP contribution is -2.28. The van der Waals surface area contributed by atoms with Crippen molar-refractivity contribution in [2.75, 3.05) is 25.1 Å². The summed E-state index contributed by atoms with van der Waals surface area (Å²) >= 11 is 0. The Morgan fingerprint density at radius 2 is 2.11 bits per heavy atom. The summed E-state index contributed by atoms with van der Waals surface area (Å²) in [6, 6.07) is 8.73. The Hall–Kier alpha value is -1.06. The van der Waals surface area contributed by atoms with Crippen LogP contribution in [0.2, 0.25) is 0 Å². The lowest BCUT2D eigenvalue weighted by Gasteiger charge is -2.23. The van der Waals surface area contributed by atoms with E-state index in [1.807, 2.05) is 0 Å². The lowest BCUT2D eigenvalue weighted by molar-refractivity contribution is 0.116.